The van der Waals surface area contributed by atoms with Crippen molar-refractivity contribution in [1.29, 1.82) is 0 Å². The zero-order valence-corrected chi connectivity index (χ0v) is 10.3. The normalized spacial score (nSPS) is 13.3. The maximum atomic E-state index is 11.4. The first-order valence-electron chi connectivity index (χ1n) is 5.84. The molecule has 0 saturated carbocycles. The third-order valence-corrected chi connectivity index (χ3v) is 2.34. The van der Waals surface area contributed by atoms with Crippen molar-refractivity contribution in [2.24, 2.45) is 0 Å². The van der Waals surface area contributed by atoms with Crippen LogP contribution in [0.2, 0.25) is 0 Å². The number of amides is 1. The molecule has 1 atom stereocenters. The van der Waals surface area contributed by atoms with Crippen molar-refractivity contribution in [3.05, 3.63) is 48.5 Å². The second-order valence-corrected chi connectivity index (χ2v) is 3.91. The van der Waals surface area contributed by atoms with E-state index in [4.69, 9.17) is 4.42 Å². The van der Waals surface area contributed by atoms with Crippen molar-refractivity contribution < 1.29 is 9.21 Å². The lowest BCUT2D eigenvalue weighted by molar-refractivity contribution is -0.117. The third kappa shape index (κ3) is 5.76. The largest absolute Gasteiger partial charge is 0.469 e. The van der Waals surface area contributed by atoms with E-state index in [2.05, 4.69) is 5.32 Å². The quantitative estimate of drug-likeness (QED) is 0.606. The maximum Gasteiger partial charge on any atom is 0.244 e. The van der Waals surface area contributed by atoms with Crippen LogP contribution in [0.3, 0.4) is 0 Å². The molecule has 1 heterocycles. The predicted molar refractivity (Wildman–Crippen MR) is 68.6 cm³/mol. The van der Waals surface area contributed by atoms with Gasteiger partial charge in [-0.05, 0) is 32.4 Å². The van der Waals surface area contributed by atoms with Crippen LogP contribution in [0.15, 0.2) is 47.1 Å². The number of hydrogen-bond donors (Lipinski definition) is 1. The molecule has 1 aromatic rings. The molecule has 0 bridgehead atoms. The molecule has 3 heteroatoms. The molecule has 1 aromatic heterocycles. The Morgan fingerprint density at radius 2 is 2.35 bits per heavy atom. The summed E-state index contributed by atoms with van der Waals surface area (Å²) >= 11 is 0. The fourth-order valence-corrected chi connectivity index (χ4v) is 1.43. The van der Waals surface area contributed by atoms with E-state index in [1.165, 1.54) is 6.08 Å². The van der Waals surface area contributed by atoms with Crippen LogP contribution < -0.4 is 5.32 Å². The summed E-state index contributed by atoms with van der Waals surface area (Å²) in [5.74, 6) is 0.894. The van der Waals surface area contributed by atoms with E-state index in [9.17, 15) is 4.79 Å². The molecule has 92 valence electrons. The molecular formula is C14H19NO2. The SMILES string of the molecule is C/C=C/C=C/C(=O)NC(C)CCc1ccco1. The minimum absolute atomic E-state index is 0.0601. The average molecular weight is 233 g/mol. The first-order valence-corrected chi connectivity index (χ1v) is 5.84. The summed E-state index contributed by atoms with van der Waals surface area (Å²) in [5.41, 5.74) is 0. The zero-order chi connectivity index (χ0) is 12.5. The Labute approximate surface area is 102 Å². The average Bonchev–Trinajstić information content (AvgIpc) is 2.79. The van der Waals surface area contributed by atoms with Crippen molar-refractivity contribution in [2.75, 3.05) is 0 Å². The molecule has 0 spiro atoms. The van der Waals surface area contributed by atoms with Crippen LogP contribution in [0, 0.1) is 0 Å². The van der Waals surface area contributed by atoms with E-state index in [1.807, 2.05) is 38.1 Å². The van der Waals surface area contributed by atoms with Gasteiger partial charge in [0.2, 0.25) is 5.91 Å². The Morgan fingerprint density at radius 1 is 1.53 bits per heavy atom. The van der Waals surface area contributed by atoms with Gasteiger partial charge in [0.05, 0.1) is 6.26 Å². The van der Waals surface area contributed by atoms with Crippen molar-refractivity contribution >= 4 is 5.91 Å². The molecule has 3 nitrogen and oxygen atoms in total. The molecule has 1 amide bonds. The second-order valence-electron chi connectivity index (χ2n) is 3.91. The summed E-state index contributed by atoms with van der Waals surface area (Å²) < 4.78 is 5.23. The Morgan fingerprint density at radius 3 is 3.00 bits per heavy atom. The lowest BCUT2D eigenvalue weighted by Crippen LogP contribution is -2.31. The number of aryl methyl sites for hydroxylation is 1. The van der Waals surface area contributed by atoms with Gasteiger partial charge in [-0.2, -0.15) is 0 Å². The van der Waals surface area contributed by atoms with Crippen LogP contribution in [-0.2, 0) is 11.2 Å². The smallest absolute Gasteiger partial charge is 0.244 e. The predicted octanol–water partition coefficient (Wildman–Crippen LogP) is 2.85. The summed E-state index contributed by atoms with van der Waals surface area (Å²) in [5, 5.41) is 2.90. The molecule has 1 N–H and O–H groups in total. The number of carbonyl (C=O) groups excluding carboxylic acids is 1. The van der Waals surface area contributed by atoms with E-state index in [-0.39, 0.29) is 11.9 Å². The summed E-state index contributed by atoms with van der Waals surface area (Å²) in [4.78, 5) is 11.4. The van der Waals surface area contributed by atoms with Gasteiger partial charge in [0, 0.05) is 18.5 Å². The summed E-state index contributed by atoms with van der Waals surface area (Å²) in [6.45, 7) is 3.90. The monoisotopic (exact) mass is 233 g/mol. The summed E-state index contributed by atoms with van der Waals surface area (Å²) in [6, 6.07) is 3.96. The number of hydrogen-bond acceptors (Lipinski definition) is 2. The van der Waals surface area contributed by atoms with Gasteiger partial charge in [-0.15, -0.1) is 0 Å². The number of allylic oxidation sites excluding steroid dienone is 3. The molecule has 1 unspecified atom stereocenters. The van der Waals surface area contributed by atoms with Crippen LogP contribution in [0.5, 0.6) is 0 Å². The molecule has 0 aliphatic carbocycles. The van der Waals surface area contributed by atoms with Gasteiger partial charge in [0.25, 0.3) is 0 Å². The van der Waals surface area contributed by atoms with Crippen molar-refractivity contribution in [1.82, 2.24) is 5.32 Å². The van der Waals surface area contributed by atoms with E-state index in [0.29, 0.717) is 0 Å². The van der Waals surface area contributed by atoms with Gasteiger partial charge in [-0.1, -0.05) is 18.2 Å². The third-order valence-electron chi connectivity index (χ3n) is 2.34. The number of nitrogens with one attached hydrogen (secondary N) is 1. The van der Waals surface area contributed by atoms with Crippen LogP contribution in [-0.4, -0.2) is 11.9 Å². The molecule has 1 rings (SSSR count). The van der Waals surface area contributed by atoms with Gasteiger partial charge in [-0.3, -0.25) is 4.79 Å². The fourth-order valence-electron chi connectivity index (χ4n) is 1.43. The van der Waals surface area contributed by atoms with Gasteiger partial charge in [-0.25, -0.2) is 0 Å². The summed E-state index contributed by atoms with van der Waals surface area (Å²) in [7, 11) is 0. The molecule has 0 aliphatic rings. The first kappa shape index (κ1) is 13.3. The minimum atomic E-state index is -0.0601. The Balaban J connectivity index is 2.24. The molecular weight excluding hydrogens is 214 g/mol. The van der Waals surface area contributed by atoms with Crippen LogP contribution in [0.25, 0.3) is 0 Å². The van der Waals surface area contributed by atoms with Gasteiger partial charge >= 0.3 is 0 Å². The van der Waals surface area contributed by atoms with Crippen molar-refractivity contribution in [3.8, 4) is 0 Å². The van der Waals surface area contributed by atoms with Crippen molar-refractivity contribution in [2.45, 2.75) is 32.7 Å². The Hall–Kier alpha value is -1.77. The van der Waals surface area contributed by atoms with Crippen molar-refractivity contribution in [3.63, 3.8) is 0 Å². The first-order chi connectivity index (χ1) is 8.22. The fraction of sp³-hybridized carbons (Fsp3) is 0.357. The molecule has 0 fully saturated rings. The number of carbonyl (C=O) groups is 1. The summed E-state index contributed by atoms with van der Waals surface area (Å²) in [6.07, 6.45) is 10.3. The molecule has 0 aromatic carbocycles. The molecule has 17 heavy (non-hydrogen) atoms. The molecule has 0 aliphatic heterocycles. The molecule has 0 radical (unpaired) electrons. The van der Waals surface area contributed by atoms with Gasteiger partial charge < -0.3 is 9.73 Å². The molecule has 0 saturated heterocycles. The topological polar surface area (TPSA) is 42.2 Å². The standard InChI is InChI=1S/C14H19NO2/c1-3-4-5-8-14(16)15-12(2)9-10-13-7-6-11-17-13/h3-8,11-12H,9-10H2,1-2H3,(H,15,16)/b4-3+,8-5+. The second kappa shape index (κ2) is 7.49. The van der Waals surface area contributed by atoms with Crippen LogP contribution in [0.1, 0.15) is 26.0 Å². The Kier molecular flexibility index (Phi) is 5.86. The van der Waals surface area contributed by atoms with E-state index >= 15 is 0 Å². The highest BCUT2D eigenvalue weighted by atomic mass is 16.3. The van der Waals surface area contributed by atoms with Crippen LogP contribution >= 0.6 is 0 Å². The Bertz CT molecular complexity index is 377. The highest BCUT2D eigenvalue weighted by Gasteiger charge is 2.05. The van der Waals surface area contributed by atoms with E-state index in [1.54, 1.807) is 12.3 Å². The minimum Gasteiger partial charge on any atom is -0.469 e. The highest BCUT2D eigenvalue weighted by Crippen LogP contribution is 2.05. The maximum absolute atomic E-state index is 11.4. The van der Waals surface area contributed by atoms with Crippen LogP contribution in [0.4, 0.5) is 0 Å². The number of rotatable bonds is 6. The zero-order valence-electron chi connectivity index (χ0n) is 10.3. The highest BCUT2D eigenvalue weighted by molar-refractivity contribution is 5.87. The number of furan rings is 1. The van der Waals surface area contributed by atoms with E-state index < -0.39 is 0 Å². The van der Waals surface area contributed by atoms with E-state index in [0.717, 1.165) is 18.6 Å². The van der Waals surface area contributed by atoms with Gasteiger partial charge in [0.1, 0.15) is 5.76 Å². The lowest BCUT2D eigenvalue weighted by atomic mass is 10.1. The van der Waals surface area contributed by atoms with Gasteiger partial charge in [0.15, 0.2) is 0 Å². The lowest BCUT2D eigenvalue weighted by Gasteiger charge is -2.11.